The molecule has 0 aromatic heterocycles. The zero-order valence-electron chi connectivity index (χ0n) is 8.96. The Bertz CT molecular complexity index is 112. The highest BCUT2D eigenvalue weighted by Gasteiger charge is 2.20. The third-order valence-electron chi connectivity index (χ3n) is 2.19. The van der Waals surface area contributed by atoms with Crippen molar-refractivity contribution in [3.63, 3.8) is 0 Å². The summed E-state index contributed by atoms with van der Waals surface area (Å²) in [6.45, 7) is 8.46. The third kappa shape index (κ3) is 4.07. The summed E-state index contributed by atoms with van der Waals surface area (Å²) in [5.74, 6) is 0.969. The zero-order valence-corrected chi connectivity index (χ0v) is 8.96. The van der Waals surface area contributed by atoms with E-state index in [2.05, 4.69) is 33.0 Å². The molecule has 12 heavy (non-hydrogen) atoms. The fraction of sp³-hybridized carbons (Fsp3) is 1.00. The molecular formula is C10H23NO. The van der Waals surface area contributed by atoms with Gasteiger partial charge in [-0.1, -0.05) is 27.7 Å². The van der Waals surface area contributed by atoms with E-state index in [1.54, 1.807) is 0 Å². The van der Waals surface area contributed by atoms with Crippen molar-refractivity contribution in [3.05, 3.63) is 0 Å². The average molecular weight is 173 g/mol. The van der Waals surface area contributed by atoms with Crippen molar-refractivity contribution in [1.29, 1.82) is 0 Å². The van der Waals surface area contributed by atoms with Crippen molar-refractivity contribution in [3.8, 4) is 0 Å². The minimum absolute atomic E-state index is 0.225. The summed E-state index contributed by atoms with van der Waals surface area (Å²) in [4.78, 5) is 0. The molecule has 0 spiro atoms. The van der Waals surface area contributed by atoms with Gasteiger partial charge in [-0.3, -0.25) is 0 Å². The van der Waals surface area contributed by atoms with Crippen molar-refractivity contribution >= 4 is 0 Å². The monoisotopic (exact) mass is 173 g/mol. The number of hydrogen-bond donors (Lipinski definition) is 2. The molecule has 0 bridgehead atoms. The van der Waals surface area contributed by atoms with Crippen LogP contribution in [-0.2, 0) is 0 Å². The smallest absolute Gasteiger partial charge is 0.0715 e. The Morgan fingerprint density at radius 2 is 1.67 bits per heavy atom. The Balaban J connectivity index is 3.96. The van der Waals surface area contributed by atoms with E-state index in [1.807, 2.05) is 7.05 Å². The van der Waals surface area contributed by atoms with Crippen molar-refractivity contribution in [2.24, 2.45) is 11.8 Å². The Kier molecular flexibility index (Phi) is 5.51. The molecular weight excluding hydrogens is 150 g/mol. The van der Waals surface area contributed by atoms with Crippen molar-refractivity contribution in [1.82, 2.24) is 5.32 Å². The molecule has 0 aliphatic heterocycles. The van der Waals surface area contributed by atoms with Crippen molar-refractivity contribution < 1.29 is 5.11 Å². The van der Waals surface area contributed by atoms with Crippen LogP contribution in [0.2, 0.25) is 0 Å². The maximum absolute atomic E-state index is 9.77. The van der Waals surface area contributed by atoms with Gasteiger partial charge >= 0.3 is 0 Å². The minimum atomic E-state index is -0.225. The number of likely N-dealkylation sites (N-methyl/N-ethyl adjacent to an activating group) is 1. The molecule has 74 valence electrons. The van der Waals surface area contributed by atoms with Gasteiger partial charge in [0.1, 0.15) is 0 Å². The standard InChI is InChI=1S/C10H23NO/c1-7(2)6-9(11-5)10(12)8(3)4/h7-12H,6H2,1-5H3/t9-,10?/m0/s1. The molecule has 0 aliphatic rings. The van der Waals surface area contributed by atoms with Gasteiger partial charge in [0.2, 0.25) is 0 Å². The van der Waals surface area contributed by atoms with Crippen LogP contribution in [0.15, 0.2) is 0 Å². The van der Waals surface area contributed by atoms with Gasteiger partial charge in [-0.25, -0.2) is 0 Å². The van der Waals surface area contributed by atoms with Crippen molar-refractivity contribution in [2.75, 3.05) is 7.05 Å². The van der Waals surface area contributed by atoms with Gasteiger partial charge in [0.25, 0.3) is 0 Å². The van der Waals surface area contributed by atoms with Crippen LogP contribution in [-0.4, -0.2) is 24.3 Å². The zero-order chi connectivity index (χ0) is 9.72. The molecule has 1 unspecified atom stereocenters. The molecule has 0 amide bonds. The molecule has 0 rings (SSSR count). The van der Waals surface area contributed by atoms with E-state index in [0.29, 0.717) is 11.8 Å². The van der Waals surface area contributed by atoms with Crippen LogP contribution in [0.5, 0.6) is 0 Å². The van der Waals surface area contributed by atoms with Crippen molar-refractivity contribution in [2.45, 2.75) is 46.3 Å². The molecule has 0 saturated heterocycles. The fourth-order valence-corrected chi connectivity index (χ4v) is 1.40. The number of aliphatic hydroxyl groups excluding tert-OH is 1. The van der Waals surface area contributed by atoms with Crippen LogP contribution in [0.25, 0.3) is 0 Å². The van der Waals surface area contributed by atoms with Crippen LogP contribution in [0.4, 0.5) is 0 Å². The molecule has 0 fully saturated rings. The lowest BCUT2D eigenvalue weighted by molar-refractivity contribution is 0.0777. The number of aliphatic hydroxyl groups is 1. The lowest BCUT2D eigenvalue weighted by Gasteiger charge is -2.26. The van der Waals surface area contributed by atoms with Crippen LogP contribution in [0, 0.1) is 11.8 Å². The van der Waals surface area contributed by atoms with E-state index in [-0.39, 0.29) is 12.1 Å². The molecule has 0 saturated carbocycles. The van der Waals surface area contributed by atoms with Crippen LogP contribution in [0.3, 0.4) is 0 Å². The molecule has 0 radical (unpaired) electrons. The van der Waals surface area contributed by atoms with Crippen LogP contribution >= 0.6 is 0 Å². The Labute approximate surface area is 76.4 Å². The van der Waals surface area contributed by atoms with Crippen LogP contribution in [0.1, 0.15) is 34.1 Å². The molecule has 0 aliphatic carbocycles. The van der Waals surface area contributed by atoms with Gasteiger partial charge in [0, 0.05) is 6.04 Å². The minimum Gasteiger partial charge on any atom is -0.391 e. The predicted octanol–water partition coefficient (Wildman–Crippen LogP) is 1.64. The third-order valence-corrected chi connectivity index (χ3v) is 2.19. The van der Waals surface area contributed by atoms with E-state index < -0.39 is 0 Å². The molecule has 2 heteroatoms. The van der Waals surface area contributed by atoms with E-state index >= 15 is 0 Å². The summed E-state index contributed by atoms with van der Waals surface area (Å²) in [6, 6.07) is 0.241. The van der Waals surface area contributed by atoms with Gasteiger partial charge in [-0.05, 0) is 25.3 Å². The van der Waals surface area contributed by atoms with E-state index in [4.69, 9.17) is 0 Å². The molecule has 2 N–H and O–H groups in total. The predicted molar refractivity (Wildman–Crippen MR) is 53.1 cm³/mol. The first kappa shape index (κ1) is 11.9. The molecule has 0 aromatic rings. The second-order valence-electron chi connectivity index (χ2n) is 4.26. The normalized spacial score (nSPS) is 17.0. The second kappa shape index (κ2) is 5.55. The number of rotatable bonds is 5. The Hall–Kier alpha value is -0.0800. The highest BCUT2D eigenvalue weighted by molar-refractivity contribution is 4.77. The molecule has 0 aromatic carbocycles. The Morgan fingerprint density at radius 1 is 1.17 bits per heavy atom. The first-order valence-electron chi connectivity index (χ1n) is 4.84. The summed E-state index contributed by atoms with van der Waals surface area (Å²) in [7, 11) is 1.92. The molecule has 0 heterocycles. The first-order valence-corrected chi connectivity index (χ1v) is 4.84. The van der Waals surface area contributed by atoms with E-state index in [1.165, 1.54) is 0 Å². The van der Waals surface area contributed by atoms with Gasteiger partial charge in [0.15, 0.2) is 0 Å². The maximum atomic E-state index is 9.77. The lowest BCUT2D eigenvalue weighted by atomic mass is 9.93. The highest BCUT2D eigenvalue weighted by atomic mass is 16.3. The van der Waals surface area contributed by atoms with E-state index in [0.717, 1.165) is 6.42 Å². The summed E-state index contributed by atoms with van der Waals surface area (Å²) in [5.41, 5.74) is 0. The summed E-state index contributed by atoms with van der Waals surface area (Å²) in [5, 5.41) is 12.9. The van der Waals surface area contributed by atoms with Crippen LogP contribution < -0.4 is 5.32 Å². The summed E-state index contributed by atoms with van der Waals surface area (Å²) >= 11 is 0. The largest absolute Gasteiger partial charge is 0.391 e. The SMILES string of the molecule is CN[C@@H](CC(C)C)C(O)C(C)C. The van der Waals surface area contributed by atoms with Gasteiger partial charge < -0.3 is 10.4 Å². The lowest BCUT2D eigenvalue weighted by Crippen LogP contribution is -2.41. The second-order valence-corrected chi connectivity index (χ2v) is 4.26. The Morgan fingerprint density at radius 3 is 1.92 bits per heavy atom. The quantitative estimate of drug-likeness (QED) is 0.662. The van der Waals surface area contributed by atoms with E-state index in [9.17, 15) is 5.11 Å². The topological polar surface area (TPSA) is 32.3 Å². The van der Waals surface area contributed by atoms with Gasteiger partial charge in [-0.2, -0.15) is 0 Å². The average Bonchev–Trinajstić information content (AvgIpc) is 1.98. The number of hydrogen-bond acceptors (Lipinski definition) is 2. The molecule has 2 nitrogen and oxygen atoms in total. The maximum Gasteiger partial charge on any atom is 0.0715 e. The number of nitrogens with one attached hydrogen (secondary N) is 1. The summed E-state index contributed by atoms with van der Waals surface area (Å²) in [6.07, 6.45) is 0.813. The first-order chi connectivity index (χ1) is 5.49. The fourth-order valence-electron chi connectivity index (χ4n) is 1.40. The van der Waals surface area contributed by atoms with Gasteiger partial charge in [0.05, 0.1) is 6.10 Å². The van der Waals surface area contributed by atoms with Gasteiger partial charge in [-0.15, -0.1) is 0 Å². The summed E-state index contributed by atoms with van der Waals surface area (Å²) < 4.78 is 0. The molecule has 2 atom stereocenters. The highest BCUT2D eigenvalue weighted by Crippen LogP contribution is 2.13.